The van der Waals surface area contributed by atoms with Gasteiger partial charge in [-0.25, -0.2) is 12.7 Å². The largest absolute Gasteiger partial charge is 0.481 e. The van der Waals surface area contributed by atoms with Crippen LogP contribution >= 0.6 is 0 Å². The van der Waals surface area contributed by atoms with Gasteiger partial charge in [-0.05, 0) is 35.7 Å². The molecule has 0 bridgehead atoms. The normalized spacial score (nSPS) is 11.3. The Morgan fingerprint density at radius 1 is 0.891 bits per heavy atom. The number of Topliss-reactive ketones (excluding diaryl/α,β-unsaturated/α-hetero) is 1. The molecule has 0 aliphatic rings. The lowest BCUT2D eigenvalue weighted by molar-refractivity contribution is -0.151. The van der Waals surface area contributed by atoms with Crippen LogP contribution in [0.1, 0.15) is 33.5 Å². The van der Waals surface area contributed by atoms with E-state index in [2.05, 4.69) is 4.98 Å². The number of nitrogen functional groups attached to an aromatic ring is 1. The number of carbonyl (C=O) groups excluding carboxylic acids is 4. The minimum Gasteiger partial charge on any atom is -0.481 e. The molecule has 0 spiro atoms. The van der Waals surface area contributed by atoms with E-state index in [0.717, 1.165) is 23.4 Å². The first-order valence-corrected chi connectivity index (χ1v) is 18.2. The monoisotopic (exact) mass is 770 g/mol. The molecule has 5 aromatic rings. The molecule has 0 aliphatic carbocycles. The Kier molecular flexibility index (Phi) is 11.9. The summed E-state index contributed by atoms with van der Waals surface area (Å²) in [6.07, 6.45) is 0.872. The molecule has 0 aliphatic heterocycles. The predicted octanol–water partition coefficient (Wildman–Crippen LogP) is 2.82. The van der Waals surface area contributed by atoms with E-state index in [4.69, 9.17) is 20.6 Å². The lowest BCUT2D eigenvalue weighted by atomic mass is 9.97. The number of amidine groups is 1. The molecule has 0 saturated heterocycles. The molecule has 16 nitrogen and oxygen atoms in total. The average Bonchev–Trinajstić information content (AvgIpc) is 3.47. The highest BCUT2D eigenvalue weighted by molar-refractivity contribution is 7.93. The van der Waals surface area contributed by atoms with Gasteiger partial charge in [0.25, 0.3) is 10.0 Å². The molecule has 0 fully saturated rings. The smallest absolute Gasteiger partial charge is 0.325 e. The number of nitrogens with zero attached hydrogens (tertiary/aromatic N) is 4. The predicted molar refractivity (Wildman–Crippen MR) is 201 cm³/mol. The first kappa shape index (κ1) is 39.6. The van der Waals surface area contributed by atoms with Gasteiger partial charge in [0, 0.05) is 36.0 Å². The van der Waals surface area contributed by atoms with Crippen molar-refractivity contribution in [1.82, 2.24) is 14.5 Å². The fourth-order valence-electron chi connectivity index (χ4n) is 6.22. The number of rotatable bonds is 16. The number of nitrogens with two attached hydrogens (primary N) is 1. The Morgan fingerprint density at radius 3 is 2.15 bits per heavy atom. The molecule has 55 heavy (non-hydrogen) atoms. The van der Waals surface area contributed by atoms with Gasteiger partial charge in [-0.3, -0.25) is 34.4 Å². The second-order valence-electron chi connectivity index (χ2n) is 12.4. The van der Waals surface area contributed by atoms with E-state index in [1.807, 2.05) is 0 Å². The number of aliphatic carboxylic acids is 1. The van der Waals surface area contributed by atoms with Crippen LogP contribution in [0, 0.1) is 5.41 Å². The van der Waals surface area contributed by atoms with Crippen molar-refractivity contribution < 1.29 is 47.0 Å². The van der Waals surface area contributed by atoms with Crippen molar-refractivity contribution in [2.24, 2.45) is 12.8 Å². The van der Waals surface area contributed by atoms with Crippen molar-refractivity contribution in [2.75, 3.05) is 38.2 Å². The highest BCUT2D eigenvalue weighted by atomic mass is 32.2. The number of pyridine rings is 1. The number of ether oxygens (including phenoxy) is 2. The molecule has 286 valence electrons. The molecule has 4 N–H and O–H groups in total. The Morgan fingerprint density at radius 2 is 1.53 bits per heavy atom. The third-order valence-corrected chi connectivity index (χ3v) is 10.7. The van der Waals surface area contributed by atoms with Gasteiger partial charge in [-0.2, -0.15) is 0 Å². The zero-order valence-electron chi connectivity index (χ0n) is 30.1. The number of benzene rings is 3. The molecule has 1 amide bonds. The molecule has 0 unspecified atom stereocenters. The second kappa shape index (κ2) is 16.6. The van der Waals surface area contributed by atoms with Crippen LogP contribution in [0.25, 0.3) is 21.8 Å². The van der Waals surface area contributed by atoms with Crippen LogP contribution < -0.4 is 10.0 Å². The van der Waals surface area contributed by atoms with Crippen molar-refractivity contribution in [3.63, 3.8) is 0 Å². The molecule has 0 saturated carbocycles. The molecule has 2 heterocycles. The summed E-state index contributed by atoms with van der Waals surface area (Å²) in [6.45, 7) is -2.49. The number of esters is 2. The van der Waals surface area contributed by atoms with Gasteiger partial charge in [0.05, 0.1) is 37.2 Å². The van der Waals surface area contributed by atoms with E-state index < -0.39 is 65.7 Å². The second-order valence-corrected chi connectivity index (χ2v) is 14.2. The van der Waals surface area contributed by atoms with E-state index in [1.165, 1.54) is 36.0 Å². The Balaban J connectivity index is 1.76. The quantitative estimate of drug-likeness (QED) is 0.0569. The average molecular weight is 771 g/mol. The first-order chi connectivity index (χ1) is 26.2. The number of aromatic nitrogens is 2. The van der Waals surface area contributed by atoms with Crippen LogP contribution in [-0.2, 0) is 58.6 Å². The standard InChI is InChI=1S/C38H38N6O10S/c1-42-27-10-4-8-26(19-31(47)48)34(27)35(28(45)17-14-23-12-15-25(16-13-23)37(39)40)38(42)44(20-30(46)43(21-32(49)53-2)22-33(50)54-3)55(51,52)29-11-5-7-24-9-6-18-41-36(24)29/h4-13,15-16,18H,14,17,19-22H2,1-3H3,(H3,39,40)(H,47,48). The fourth-order valence-corrected chi connectivity index (χ4v) is 7.85. The van der Waals surface area contributed by atoms with Gasteiger partial charge in [-0.15, -0.1) is 0 Å². The highest BCUT2D eigenvalue weighted by Crippen LogP contribution is 2.39. The number of para-hydroxylation sites is 1. The minimum atomic E-state index is -4.85. The maximum atomic E-state index is 15.1. The summed E-state index contributed by atoms with van der Waals surface area (Å²) in [4.78, 5) is 70.3. The number of sulfonamides is 1. The molecule has 0 atom stereocenters. The Labute approximate surface area is 315 Å². The molecule has 2 aromatic heterocycles. The van der Waals surface area contributed by atoms with Crippen LogP contribution in [0.15, 0.2) is 83.9 Å². The number of hydrogen-bond acceptors (Lipinski definition) is 11. The summed E-state index contributed by atoms with van der Waals surface area (Å²) in [5, 5.41) is 18.1. The maximum Gasteiger partial charge on any atom is 0.325 e. The molecular formula is C38H38N6O10S. The van der Waals surface area contributed by atoms with Crippen LogP contribution in [-0.4, -0.2) is 97.3 Å². The van der Waals surface area contributed by atoms with Crippen molar-refractivity contribution in [1.29, 1.82) is 5.41 Å². The number of hydrogen-bond donors (Lipinski definition) is 3. The molecule has 17 heteroatoms. The summed E-state index contributed by atoms with van der Waals surface area (Å²) < 4.78 is 41.7. The van der Waals surface area contributed by atoms with E-state index >= 15 is 8.42 Å². The highest BCUT2D eigenvalue weighted by Gasteiger charge is 2.38. The zero-order chi connectivity index (χ0) is 40.0. The van der Waals surface area contributed by atoms with Crippen molar-refractivity contribution in [2.45, 2.75) is 24.2 Å². The number of anilines is 1. The van der Waals surface area contributed by atoms with Gasteiger partial charge in [0.15, 0.2) is 5.78 Å². The number of ketones is 1. The van der Waals surface area contributed by atoms with E-state index in [9.17, 15) is 29.1 Å². The van der Waals surface area contributed by atoms with Gasteiger partial charge in [0.1, 0.15) is 36.2 Å². The number of carboxylic acids is 1. The van der Waals surface area contributed by atoms with E-state index in [1.54, 1.807) is 54.6 Å². The lowest BCUT2D eigenvalue weighted by Gasteiger charge is -2.29. The van der Waals surface area contributed by atoms with E-state index in [0.29, 0.717) is 22.0 Å². The minimum absolute atomic E-state index is 0.0654. The fraction of sp³-hybridized carbons (Fsp3) is 0.237. The number of amides is 1. The summed E-state index contributed by atoms with van der Waals surface area (Å²) in [7, 11) is -1.22. The molecule has 5 rings (SSSR count). The molecule has 0 radical (unpaired) electrons. The van der Waals surface area contributed by atoms with Gasteiger partial charge < -0.3 is 29.8 Å². The third-order valence-electron chi connectivity index (χ3n) is 8.93. The van der Waals surface area contributed by atoms with E-state index in [-0.39, 0.29) is 51.4 Å². The van der Waals surface area contributed by atoms with Crippen molar-refractivity contribution >= 4 is 73.1 Å². The number of methoxy groups -OCH3 is 2. The van der Waals surface area contributed by atoms with Gasteiger partial charge >= 0.3 is 17.9 Å². The summed E-state index contributed by atoms with van der Waals surface area (Å²) >= 11 is 0. The third kappa shape index (κ3) is 8.46. The lowest BCUT2D eigenvalue weighted by Crippen LogP contribution is -2.47. The van der Waals surface area contributed by atoms with Crippen LogP contribution in [0.4, 0.5) is 5.82 Å². The number of aryl methyl sites for hydroxylation is 2. The summed E-state index contributed by atoms with van der Waals surface area (Å²) in [5.74, 6) is -5.00. The molecular weight excluding hydrogens is 733 g/mol. The SMILES string of the molecule is COC(=O)CN(CC(=O)OC)C(=O)CN(c1c(C(=O)CCc2ccc(C(=N)N)cc2)c2c(CC(=O)O)cccc2n1C)S(=O)(=O)c1cccc2cccnc12. The van der Waals surface area contributed by atoms with Gasteiger partial charge in [0.2, 0.25) is 5.91 Å². The summed E-state index contributed by atoms with van der Waals surface area (Å²) in [5.41, 5.74) is 7.19. The maximum absolute atomic E-state index is 15.1. The van der Waals surface area contributed by atoms with Crippen molar-refractivity contribution in [3.8, 4) is 0 Å². The van der Waals surface area contributed by atoms with Crippen LogP contribution in [0.5, 0.6) is 0 Å². The number of fused-ring (bicyclic) bond motifs is 2. The number of carbonyl (C=O) groups is 5. The van der Waals surface area contributed by atoms with Crippen molar-refractivity contribution in [3.05, 3.63) is 101 Å². The molecule has 3 aromatic carbocycles. The number of carboxylic acid groups (broad SMARTS) is 1. The Hall–Kier alpha value is -6.62. The zero-order valence-corrected chi connectivity index (χ0v) is 31.0. The number of nitrogens with one attached hydrogen (secondary N) is 1. The van der Waals surface area contributed by atoms with Gasteiger partial charge in [-0.1, -0.05) is 54.6 Å². The first-order valence-electron chi connectivity index (χ1n) is 16.7. The van der Waals surface area contributed by atoms with Crippen LogP contribution in [0.3, 0.4) is 0 Å². The summed E-state index contributed by atoms with van der Waals surface area (Å²) in [6, 6.07) is 19.1. The van der Waals surface area contributed by atoms with Crippen LogP contribution in [0.2, 0.25) is 0 Å². The topological polar surface area (TPSA) is 232 Å². The Bertz CT molecular complexity index is 2420.